The monoisotopic (exact) mass is 338 g/mol. The number of ether oxygens (including phenoxy) is 1. The third kappa shape index (κ3) is 2.70. The lowest BCUT2D eigenvalue weighted by molar-refractivity contribution is -0.143. The zero-order valence-electron chi connectivity index (χ0n) is 14.1. The van der Waals surface area contributed by atoms with Crippen molar-refractivity contribution in [1.82, 2.24) is 10.3 Å². The van der Waals surface area contributed by atoms with Crippen LogP contribution in [0.2, 0.25) is 0 Å². The average molecular weight is 338 g/mol. The summed E-state index contributed by atoms with van der Waals surface area (Å²) in [5, 5.41) is 4.41. The number of carbonyl (C=O) groups is 1. The summed E-state index contributed by atoms with van der Waals surface area (Å²) in [6.07, 6.45) is 0.539. The number of H-pyrrole nitrogens is 1. The van der Waals surface area contributed by atoms with Crippen molar-refractivity contribution in [2.75, 3.05) is 7.11 Å². The number of esters is 1. The molecule has 0 aliphatic carbocycles. The lowest BCUT2D eigenvalue weighted by Gasteiger charge is -2.30. The quantitative estimate of drug-likeness (QED) is 0.704. The van der Waals surface area contributed by atoms with Gasteiger partial charge in [-0.1, -0.05) is 24.3 Å². The Hall–Kier alpha value is -2.66. The van der Waals surface area contributed by atoms with Crippen molar-refractivity contribution in [3.63, 3.8) is 0 Å². The molecule has 0 spiro atoms. The Kier molecular flexibility index (Phi) is 3.81. The Bertz CT molecular complexity index is 943. The van der Waals surface area contributed by atoms with Crippen LogP contribution in [0.3, 0.4) is 0 Å². The first-order valence-electron chi connectivity index (χ1n) is 8.27. The highest BCUT2D eigenvalue weighted by atomic mass is 19.1. The molecule has 4 nitrogen and oxygen atoms in total. The van der Waals surface area contributed by atoms with Crippen LogP contribution >= 0.6 is 0 Å². The molecule has 3 aromatic rings. The van der Waals surface area contributed by atoms with E-state index in [0.29, 0.717) is 6.42 Å². The SMILES string of the molecule is COC(=O)[C@@H]1Cc2c([nH]c3ccccc23)[C@H](c2cc(C)cc(F)c2)N1. The molecule has 5 heteroatoms. The largest absolute Gasteiger partial charge is 0.468 e. The highest BCUT2D eigenvalue weighted by Crippen LogP contribution is 2.35. The number of aromatic amines is 1. The van der Waals surface area contributed by atoms with E-state index >= 15 is 0 Å². The van der Waals surface area contributed by atoms with Gasteiger partial charge in [-0.05, 0) is 41.8 Å². The summed E-state index contributed by atoms with van der Waals surface area (Å²) in [5.41, 5.74) is 4.70. The van der Waals surface area contributed by atoms with Gasteiger partial charge >= 0.3 is 5.97 Å². The van der Waals surface area contributed by atoms with Crippen LogP contribution in [-0.2, 0) is 16.0 Å². The molecule has 0 unspecified atom stereocenters. The zero-order valence-corrected chi connectivity index (χ0v) is 14.1. The van der Waals surface area contributed by atoms with Crippen molar-refractivity contribution in [2.24, 2.45) is 0 Å². The summed E-state index contributed by atoms with van der Waals surface area (Å²) in [7, 11) is 1.39. The topological polar surface area (TPSA) is 54.1 Å². The molecule has 0 fully saturated rings. The van der Waals surface area contributed by atoms with Gasteiger partial charge in [-0.15, -0.1) is 0 Å². The second kappa shape index (κ2) is 6.01. The number of benzene rings is 2. The minimum Gasteiger partial charge on any atom is -0.468 e. The highest BCUT2D eigenvalue weighted by Gasteiger charge is 2.34. The molecule has 2 heterocycles. The van der Waals surface area contributed by atoms with Gasteiger partial charge in [0.1, 0.15) is 11.9 Å². The fourth-order valence-electron chi connectivity index (χ4n) is 3.72. The van der Waals surface area contributed by atoms with Gasteiger partial charge < -0.3 is 9.72 Å². The Morgan fingerprint density at radius 3 is 2.80 bits per heavy atom. The van der Waals surface area contributed by atoms with Gasteiger partial charge in [0.25, 0.3) is 0 Å². The zero-order chi connectivity index (χ0) is 17.6. The van der Waals surface area contributed by atoms with Crippen LogP contribution in [0.4, 0.5) is 4.39 Å². The molecule has 0 saturated heterocycles. The van der Waals surface area contributed by atoms with E-state index in [1.807, 2.05) is 37.3 Å². The predicted molar refractivity (Wildman–Crippen MR) is 93.9 cm³/mol. The molecule has 0 radical (unpaired) electrons. The van der Waals surface area contributed by atoms with Crippen molar-refractivity contribution >= 4 is 16.9 Å². The summed E-state index contributed by atoms with van der Waals surface area (Å²) >= 11 is 0. The van der Waals surface area contributed by atoms with E-state index in [-0.39, 0.29) is 17.8 Å². The third-order valence-electron chi connectivity index (χ3n) is 4.79. The maximum atomic E-state index is 14.0. The Morgan fingerprint density at radius 2 is 2.04 bits per heavy atom. The Balaban J connectivity index is 1.90. The molecule has 2 aromatic carbocycles. The number of fused-ring (bicyclic) bond motifs is 3. The highest BCUT2D eigenvalue weighted by molar-refractivity contribution is 5.87. The van der Waals surface area contributed by atoms with E-state index in [4.69, 9.17) is 4.74 Å². The number of halogens is 1. The number of methoxy groups -OCH3 is 1. The summed E-state index contributed by atoms with van der Waals surface area (Å²) in [6, 6.07) is 12.2. The maximum Gasteiger partial charge on any atom is 0.323 e. The molecule has 1 aliphatic heterocycles. The first kappa shape index (κ1) is 15.8. The minimum atomic E-state index is -0.467. The molecule has 0 bridgehead atoms. The number of carbonyl (C=O) groups excluding carboxylic acids is 1. The second-order valence-corrected chi connectivity index (χ2v) is 6.50. The lowest BCUT2D eigenvalue weighted by Crippen LogP contribution is -2.45. The number of hydrogen-bond acceptors (Lipinski definition) is 3. The second-order valence-electron chi connectivity index (χ2n) is 6.50. The van der Waals surface area contributed by atoms with E-state index in [1.54, 1.807) is 0 Å². The van der Waals surface area contributed by atoms with Gasteiger partial charge in [-0.2, -0.15) is 0 Å². The Labute approximate surface area is 145 Å². The van der Waals surface area contributed by atoms with E-state index in [1.165, 1.54) is 19.2 Å². The summed E-state index contributed by atoms with van der Waals surface area (Å²) in [5.74, 6) is -0.594. The Morgan fingerprint density at radius 1 is 1.24 bits per heavy atom. The van der Waals surface area contributed by atoms with Crippen molar-refractivity contribution in [3.8, 4) is 0 Å². The number of para-hydroxylation sites is 1. The molecule has 2 atom stereocenters. The first-order valence-corrected chi connectivity index (χ1v) is 8.27. The molecule has 1 aromatic heterocycles. The molecule has 25 heavy (non-hydrogen) atoms. The minimum absolute atomic E-state index is 0.283. The number of hydrogen-bond donors (Lipinski definition) is 2. The molecule has 4 rings (SSSR count). The van der Waals surface area contributed by atoms with Crippen molar-refractivity contribution in [1.29, 1.82) is 0 Å². The molecule has 0 saturated carbocycles. The van der Waals surface area contributed by atoms with Crippen LogP contribution in [0, 0.1) is 12.7 Å². The van der Waals surface area contributed by atoms with Crippen molar-refractivity contribution in [3.05, 3.63) is 70.7 Å². The van der Waals surface area contributed by atoms with Crippen LogP contribution in [0.25, 0.3) is 10.9 Å². The van der Waals surface area contributed by atoms with Crippen LogP contribution in [0.1, 0.15) is 28.4 Å². The standard InChI is InChI=1S/C20H19FN2O2/c1-11-7-12(9-13(21)8-11)18-19-15(10-17(23-18)20(24)25-2)14-5-3-4-6-16(14)22-19/h3-9,17-18,22-23H,10H2,1-2H3/t17-,18-/m0/s1. The molecule has 128 valence electrons. The van der Waals surface area contributed by atoms with Gasteiger partial charge in [0.2, 0.25) is 0 Å². The molecule has 0 amide bonds. The van der Waals surface area contributed by atoms with Crippen LogP contribution in [0.5, 0.6) is 0 Å². The lowest BCUT2D eigenvalue weighted by atomic mass is 9.90. The predicted octanol–water partition coefficient (Wildman–Crippen LogP) is 3.39. The van der Waals surface area contributed by atoms with Gasteiger partial charge in [0.15, 0.2) is 0 Å². The number of nitrogens with one attached hydrogen (secondary N) is 2. The van der Waals surface area contributed by atoms with Crippen molar-refractivity contribution in [2.45, 2.75) is 25.4 Å². The fourth-order valence-corrected chi connectivity index (χ4v) is 3.72. The van der Waals surface area contributed by atoms with Crippen LogP contribution in [0.15, 0.2) is 42.5 Å². The van der Waals surface area contributed by atoms with Crippen LogP contribution < -0.4 is 5.32 Å². The number of aryl methyl sites for hydroxylation is 1. The van der Waals surface area contributed by atoms with Gasteiger partial charge in [0, 0.05) is 23.0 Å². The molecule has 1 aliphatic rings. The first-order chi connectivity index (χ1) is 12.1. The molecular weight excluding hydrogens is 319 g/mol. The van der Waals surface area contributed by atoms with E-state index in [9.17, 15) is 9.18 Å². The van der Waals surface area contributed by atoms with Gasteiger partial charge in [0.05, 0.1) is 13.2 Å². The van der Waals surface area contributed by atoms with E-state index in [2.05, 4.69) is 10.3 Å². The van der Waals surface area contributed by atoms with Crippen LogP contribution in [-0.4, -0.2) is 24.1 Å². The average Bonchev–Trinajstić information content (AvgIpc) is 2.98. The van der Waals surface area contributed by atoms with E-state index < -0.39 is 6.04 Å². The summed E-state index contributed by atoms with van der Waals surface area (Å²) in [6.45, 7) is 1.86. The summed E-state index contributed by atoms with van der Waals surface area (Å²) in [4.78, 5) is 15.6. The molecular formula is C20H19FN2O2. The fraction of sp³-hybridized carbons (Fsp3) is 0.250. The number of rotatable bonds is 2. The summed E-state index contributed by atoms with van der Waals surface area (Å²) < 4.78 is 18.9. The van der Waals surface area contributed by atoms with Gasteiger partial charge in [-0.25, -0.2) is 4.39 Å². The maximum absolute atomic E-state index is 14.0. The van der Waals surface area contributed by atoms with E-state index in [0.717, 1.165) is 33.3 Å². The normalized spacial score (nSPS) is 19.6. The van der Waals surface area contributed by atoms with Gasteiger partial charge in [-0.3, -0.25) is 10.1 Å². The number of aromatic nitrogens is 1. The third-order valence-corrected chi connectivity index (χ3v) is 4.79. The smallest absolute Gasteiger partial charge is 0.323 e. The molecule has 2 N–H and O–H groups in total. The van der Waals surface area contributed by atoms with Crippen molar-refractivity contribution < 1.29 is 13.9 Å².